The summed E-state index contributed by atoms with van der Waals surface area (Å²) in [5.41, 5.74) is 0.737. The summed E-state index contributed by atoms with van der Waals surface area (Å²) in [4.78, 5) is 4.22. The van der Waals surface area contributed by atoms with Crippen molar-refractivity contribution in [3.8, 4) is 0 Å². The van der Waals surface area contributed by atoms with Gasteiger partial charge in [-0.25, -0.2) is 4.39 Å². The predicted octanol–water partition coefficient (Wildman–Crippen LogP) is 3.22. The Labute approximate surface area is 156 Å². The smallest absolute Gasteiger partial charge is 0.190 e. The minimum absolute atomic E-state index is 0.163. The summed E-state index contributed by atoms with van der Waals surface area (Å²) in [7, 11) is 1.75. The summed E-state index contributed by atoms with van der Waals surface area (Å²) >= 11 is 3.27. The second kappa shape index (κ2) is 10.2. The first-order valence-electron chi connectivity index (χ1n) is 8.44. The van der Waals surface area contributed by atoms with Gasteiger partial charge in [-0.3, -0.25) is 9.67 Å². The number of nitrogens with zero attached hydrogens (tertiary/aromatic N) is 3. The third-order valence-corrected chi connectivity index (χ3v) is 4.32. The van der Waals surface area contributed by atoms with Crippen molar-refractivity contribution in [1.29, 1.82) is 0 Å². The van der Waals surface area contributed by atoms with E-state index >= 15 is 0 Å². The molecule has 2 N–H and O–H groups in total. The number of aryl methyl sites for hydroxylation is 1. The topological polar surface area (TPSA) is 54.2 Å². The molecule has 1 heterocycles. The predicted molar refractivity (Wildman–Crippen MR) is 103 cm³/mol. The van der Waals surface area contributed by atoms with E-state index in [9.17, 15) is 4.39 Å². The Kier molecular flexibility index (Phi) is 7.91. The van der Waals surface area contributed by atoms with Crippen LogP contribution >= 0.6 is 15.9 Å². The first kappa shape index (κ1) is 19.4. The molecule has 0 aliphatic heterocycles. The maximum atomic E-state index is 13.8. The maximum Gasteiger partial charge on any atom is 0.190 e. The van der Waals surface area contributed by atoms with E-state index in [1.165, 1.54) is 6.07 Å². The molecule has 0 saturated heterocycles. The SMILES string of the molecule is CN=C(NCCCc1ccc(Br)cc1F)NCC(C)Cn1cccn1. The molecule has 0 aliphatic rings. The third kappa shape index (κ3) is 6.86. The van der Waals surface area contributed by atoms with Crippen LogP contribution in [0.25, 0.3) is 0 Å². The van der Waals surface area contributed by atoms with Gasteiger partial charge < -0.3 is 10.6 Å². The monoisotopic (exact) mass is 409 g/mol. The number of guanidine groups is 1. The van der Waals surface area contributed by atoms with Crippen molar-refractivity contribution >= 4 is 21.9 Å². The molecule has 0 saturated carbocycles. The first-order valence-corrected chi connectivity index (χ1v) is 9.23. The number of aliphatic imine (C=N–C) groups is 1. The van der Waals surface area contributed by atoms with Crippen molar-refractivity contribution < 1.29 is 4.39 Å². The summed E-state index contributed by atoms with van der Waals surface area (Å²) in [6.07, 6.45) is 5.28. The second-order valence-electron chi connectivity index (χ2n) is 6.05. The molecule has 0 aliphatic carbocycles. The Morgan fingerprint density at radius 3 is 2.92 bits per heavy atom. The zero-order chi connectivity index (χ0) is 18.1. The van der Waals surface area contributed by atoms with Crippen LogP contribution in [0, 0.1) is 11.7 Å². The minimum atomic E-state index is -0.163. The number of hydrogen-bond acceptors (Lipinski definition) is 2. The van der Waals surface area contributed by atoms with Crippen LogP contribution in [0.2, 0.25) is 0 Å². The molecule has 0 bridgehead atoms. The van der Waals surface area contributed by atoms with Crippen LogP contribution < -0.4 is 10.6 Å². The van der Waals surface area contributed by atoms with E-state index in [2.05, 4.69) is 43.6 Å². The van der Waals surface area contributed by atoms with Crippen LogP contribution in [-0.2, 0) is 13.0 Å². The van der Waals surface area contributed by atoms with Gasteiger partial charge >= 0.3 is 0 Å². The normalized spacial score (nSPS) is 12.9. The molecule has 1 aromatic heterocycles. The van der Waals surface area contributed by atoms with E-state index in [0.29, 0.717) is 12.3 Å². The average molecular weight is 410 g/mol. The van der Waals surface area contributed by atoms with Gasteiger partial charge in [0.15, 0.2) is 5.96 Å². The van der Waals surface area contributed by atoms with E-state index < -0.39 is 0 Å². The number of hydrogen-bond donors (Lipinski definition) is 2. The fourth-order valence-corrected chi connectivity index (χ4v) is 2.83. The molecule has 2 rings (SSSR count). The number of halogens is 2. The lowest BCUT2D eigenvalue weighted by Crippen LogP contribution is -2.40. The molecule has 0 radical (unpaired) electrons. The zero-order valence-electron chi connectivity index (χ0n) is 14.7. The number of benzene rings is 1. The molecule has 1 atom stereocenters. The Hall–Kier alpha value is -1.89. The van der Waals surface area contributed by atoms with E-state index in [-0.39, 0.29) is 5.82 Å². The molecule has 7 heteroatoms. The van der Waals surface area contributed by atoms with Gasteiger partial charge in [-0.05, 0) is 42.5 Å². The van der Waals surface area contributed by atoms with Crippen molar-refractivity contribution in [3.63, 3.8) is 0 Å². The molecule has 2 aromatic rings. The Balaban J connectivity index is 1.66. The highest BCUT2D eigenvalue weighted by Crippen LogP contribution is 2.16. The van der Waals surface area contributed by atoms with Crippen molar-refractivity contribution in [2.75, 3.05) is 20.1 Å². The minimum Gasteiger partial charge on any atom is -0.356 e. The zero-order valence-corrected chi connectivity index (χ0v) is 16.3. The Bertz CT molecular complexity index is 672. The van der Waals surface area contributed by atoms with E-state index in [1.807, 2.05) is 29.1 Å². The van der Waals surface area contributed by atoms with Gasteiger partial charge in [-0.2, -0.15) is 5.10 Å². The molecule has 1 unspecified atom stereocenters. The Morgan fingerprint density at radius 1 is 1.40 bits per heavy atom. The van der Waals surface area contributed by atoms with Crippen molar-refractivity contribution in [3.05, 3.63) is 52.5 Å². The van der Waals surface area contributed by atoms with Gasteiger partial charge in [0.25, 0.3) is 0 Å². The van der Waals surface area contributed by atoms with Crippen molar-refractivity contribution in [1.82, 2.24) is 20.4 Å². The third-order valence-electron chi connectivity index (χ3n) is 3.83. The van der Waals surface area contributed by atoms with Crippen LogP contribution in [0.3, 0.4) is 0 Å². The number of aromatic nitrogens is 2. The summed E-state index contributed by atoms with van der Waals surface area (Å²) in [5.74, 6) is 1.03. The quantitative estimate of drug-likeness (QED) is 0.399. The van der Waals surface area contributed by atoms with Crippen LogP contribution in [0.5, 0.6) is 0 Å². The highest BCUT2D eigenvalue weighted by molar-refractivity contribution is 9.10. The maximum absolute atomic E-state index is 13.8. The van der Waals surface area contributed by atoms with Crippen molar-refractivity contribution in [2.45, 2.75) is 26.3 Å². The lowest BCUT2D eigenvalue weighted by molar-refractivity contribution is 0.443. The molecule has 1 aromatic carbocycles. The lowest BCUT2D eigenvalue weighted by Gasteiger charge is -2.16. The number of rotatable bonds is 8. The largest absolute Gasteiger partial charge is 0.356 e. The van der Waals surface area contributed by atoms with Gasteiger partial charge in [-0.15, -0.1) is 0 Å². The lowest BCUT2D eigenvalue weighted by atomic mass is 10.1. The van der Waals surface area contributed by atoms with Crippen LogP contribution in [0.1, 0.15) is 18.9 Å². The van der Waals surface area contributed by atoms with Crippen LogP contribution in [0.4, 0.5) is 4.39 Å². The molecule has 0 amide bonds. The molecule has 0 fully saturated rings. The molecule has 5 nitrogen and oxygen atoms in total. The summed E-state index contributed by atoms with van der Waals surface area (Å²) in [5, 5.41) is 10.8. The van der Waals surface area contributed by atoms with E-state index in [1.54, 1.807) is 13.2 Å². The van der Waals surface area contributed by atoms with E-state index in [4.69, 9.17) is 0 Å². The van der Waals surface area contributed by atoms with Gasteiger partial charge in [0.05, 0.1) is 0 Å². The highest BCUT2D eigenvalue weighted by atomic mass is 79.9. The first-order chi connectivity index (χ1) is 12.1. The van der Waals surface area contributed by atoms with Gasteiger partial charge in [0, 0.05) is 43.5 Å². The molecular formula is C18H25BrFN5. The molecular weight excluding hydrogens is 385 g/mol. The summed E-state index contributed by atoms with van der Waals surface area (Å²) in [6, 6.07) is 7.12. The number of nitrogens with one attached hydrogen (secondary N) is 2. The average Bonchev–Trinajstić information content (AvgIpc) is 3.08. The van der Waals surface area contributed by atoms with Gasteiger partial charge in [0.2, 0.25) is 0 Å². The fourth-order valence-electron chi connectivity index (χ4n) is 2.49. The van der Waals surface area contributed by atoms with Gasteiger partial charge in [0.1, 0.15) is 5.82 Å². The van der Waals surface area contributed by atoms with Crippen LogP contribution in [-0.4, -0.2) is 35.9 Å². The molecule has 0 spiro atoms. The second-order valence-corrected chi connectivity index (χ2v) is 6.97. The summed E-state index contributed by atoms with van der Waals surface area (Å²) < 4.78 is 16.5. The van der Waals surface area contributed by atoms with Crippen LogP contribution in [0.15, 0.2) is 46.1 Å². The van der Waals surface area contributed by atoms with Gasteiger partial charge in [-0.1, -0.05) is 28.9 Å². The fraction of sp³-hybridized carbons (Fsp3) is 0.444. The standard InChI is InChI=1S/C18H25BrFN5/c1-14(13-25-10-4-9-24-25)12-23-18(21-2)22-8-3-5-15-6-7-16(19)11-17(15)20/h4,6-7,9-11,14H,3,5,8,12-13H2,1-2H3,(H2,21,22,23). The summed E-state index contributed by atoms with van der Waals surface area (Å²) in [6.45, 7) is 4.57. The Morgan fingerprint density at radius 2 is 2.24 bits per heavy atom. The van der Waals surface area contributed by atoms with E-state index in [0.717, 1.165) is 42.1 Å². The molecule has 136 valence electrons. The highest BCUT2D eigenvalue weighted by Gasteiger charge is 2.06. The van der Waals surface area contributed by atoms with Crippen molar-refractivity contribution in [2.24, 2.45) is 10.9 Å². The molecule has 25 heavy (non-hydrogen) atoms.